The fraction of sp³-hybridized carbons (Fsp3) is 0.286. The maximum atomic E-state index is 7.37. The van der Waals surface area contributed by atoms with Crippen LogP contribution < -0.4 is 5.32 Å². The highest BCUT2D eigenvalue weighted by Crippen LogP contribution is 2.47. The second-order valence-corrected chi connectivity index (χ2v) is 14.1. The standard InChI is InChI=1S/C28H31NOSi/c1-31(2,3)30-28(27-19-10-20-29-27,25-17-8-13-21-11-4-6-15-23(21)25)26-18-9-14-22-12-5-7-16-24(22)26/h4-9,11-18,27,29H,10,19-20H2,1-3H3. The van der Waals surface area contributed by atoms with Gasteiger partial charge in [0.1, 0.15) is 5.60 Å². The van der Waals surface area contributed by atoms with Gasteiger partial charge >= 0.3 is 0 Å². The second-order valence-electron chi connectivity index (χ2n) is 9.65. The van der Waals surface area contributed by atoms with Gasteiger partial charge < -0.3 is 9.74 Å². The summed E-state index contributed by atoms with van der Waals surface area (Å²) in [5.41, 5.74) is 2.02. The lowest BCUT2D eigenvalue weighted by Crippen LogP contribution is -2.53. The molecule has 0 saturated carbocycles. The lowest BCUT2D eigenvalue weighted by molar-refractivity contribution is 0.0668. The molecule has 1 aliphatic heterocycles. The molecule has 1 atom stereocenters. The molecule has 1 saturated heterocycles. The monoisotopic (exact) mass is 425 g/mol. The highest BCUT2D eigenvalue weighted by molar-refractivity contribution is 6.69. The van der Waals surface area contributed by atoms with E-state index >= 15 is 0 Å². The van der Waals surface area contributed by atoms with E-state index in [9.17, 15) is 0 Å². The maximum absolute atomic E-state index is 7.37. The number of rotatable bonds is 5. The molecule has 0 bridgehead atoms. The summed E-state index contributed by atoms with van der Waals surface area (Å²) in [4.78, 5) is 0. The molecule has 0 amide bonds. The zero-order chi connectivity index (χ0) is 21.5. The van der Waals surface area contributed by atoms with Crippen LogP contribution >= 0.6 is 0 Å². The highest BCUT2D eigenvalue weighted by Gasteiger charge is 2.48. The van der Waals surface area contributed by atoms with Gasteiger partial charge in [-0.1, -0.05) is 84.9 Å². The van der Waals surface area contributed by atoms with E-state index in [-0.39, 0.29) is 6.04 Å². The highest BCUT2D eigenvalue weighted by atomic mass is 28.4. The van der Waals surface area contributed by atoms with Crippen molar-refractivity contribution < 1.29 is 4.43 Å². The summed E-state index contributed by atoms with van der Waals surface area (Å²) < 4.78 is 7.37. The Morgan fingerprint density at radius 1 is 0.742 bits per heavy atom. The molecule has 0 spiro atoms. The van der Waals surface area contributed by atoms with Gasteiger partial charge in [0, 0.05) is 6.04 Å². The Balaban J connectivity index is 1.91. The maximum Gasteiger partial charge on any atom is 0.185 e. The first-order valence-corrected chi connectivity index (χ1v) is 14.8. The van der Waals surface area contributed by atoms with Crippen LogP contribution in [0.15, 0.2) is 84.9 Å². The summed E-state index contributed by atoms with van der Waals surface area (Å²) in [6.07, 6.45) is 2.29. The third kappa shape index (κ3) is 3.61. The largest absolute Gasteiger partial charge is 0.403 e. The third-order valence-corrected chi connectivity index (χ3v) is 7.33. The molecule has 4 aromatic carbocycles. The first-order chi connectivity index (χ1) is 15.0. The SMILES string of the molecule is C[Si](C)(C)OC(c1cccc2ccccc12)(c1cccc2ccccc12)C1CCCN1. The van der Waals surface area contributed by atoms with Crippen molar-refractivity contribution in [3.63, 3.8) is 0 Å². The van der Waals surface area contributed by atoms with Gasteiger partial charge in [-0.2, -0.15) is 0 Å². The number of hydrogen-bond acceptors (Lipinski definition) is 2. The van der Waals surface area contributed by atoms with Crippen LogP contribution in [0.3, 0.4) is 0 Å². The zero-order valence-corrected chi connectivity index (χ0v) is 19.7. The van der Waals surface area contributed by atoms with Crippen molar-refractivity contribution in [3.8, 4) is 0 Å². The van der Waals surface area contributed by atoms with E-state index in [1.807, 2.05) is 0 Å². The van der Waals surface area contributed by atoms with Crippen LogP contribution in [0.2, 0.25) is 19.6 Å². The van der Waals surface area contributed by atoms with Crippen molar-refractivity contribution in [2.24, 2.45) is 0 Å². The van der Waals surface area contributed by atoms with Gasteiger partial charge in [0.25, 0.3) is 0 Å². The molecular weight excluding hydrogens is 394 g/mol. The van der Waals surface area contributed by atoms with Crippen LogP contribution in [-0.2, 0) is 10.0 Å². The normalized spacial score (nSPS) is 17.5. The second kappa shape index (κ2) is 7.90. The van der Waals surface area contributed by atoms with Crippen molar-refractivity contribution in [3.05, 3.63) is 96.1 Å². The molecule has 4 aromatic rings. The van der Waals surface area contributed by atoms with Crippen LogP contribution in [0, 0.1) is 0 Å². The van der Waals surface area contributed by atoms with Crippen molar-refractivity contribution in [1.29, 1.82) is 0 Å². The fourth-order valence-electron chi connectivity index (χ4n) is 5.31. The van der Waals surface area contributed by atoms with E-state index in [1.54, 1.807) is 0 Å². The molecule has 1 fully saturated rings. The van der Waals surface area contributed by atoms with Crippen molar-refractivity contribution in [1.82, 2.24) is 5.32 Å². The van der Waals surface area contributed by atoms with Crippen LogP contribution in [0.1, 0.15) is 24.0 Å². The first-order valence-electron chi connectivity index (χ1n) is 11.4. The lowest BCUT2D eigenvalue weighted by atomic mass is 9.76. The zero-order valence-electron chi connectivity index (χ0n) is 18.7. The van der Waals surface area contributed by atoms with Gasteiger partial charge in [0.15, 0.2) is 8.32 Å². The number of fused-ring (bicyclic) bond motifs is 2. The molecule has 1 heterocycles. The smallest absolute Gasteiger partial charge is 0.185 e. The Kier molecular flexibility index (Phi) is 5.21. The topological polar surface area (TPSA) is 21.3 Å². The molecule has 1 unspecified atom stereocenters. The average Bonchev–Trinajstić information content (AvgIpc) is 3.32. The van der Waals surface area contributed by atoms with Gasteiger partial charge in [-0.15, -0.1) is 0 Å². The summed E-state index contributed by atoms with van der Waals surface area (Å²) in [7, 11) is -1.94. The lowest BCUT2D eigenvalue weighted by Gasteiger charge is -2.45. The molecule has 5 rings (SSSR count). The van der Waals surface area contributed by atoms with Gasteiger partial charge in [-0.05, 0) is 71.7 Å². The third-order valence-electron chi connectivity index (χ3n) is 6.40. The predicted molar refractivity (Wildman–Crippen MR) is 134 cm³/mol. The molecule has 0 aliphatic carbocycles. The van der Waals surface area contributed by atoms with Gasteiger partial charge in [0.05, 0.1) is 0 Å². The quantitative estimate of drug-likeness (QED) is 0.353. The van der Waals surface area contributed by atoms with E-state index in [2.05, 4.69) is 110 Å². The van der Waals surface area contributed by atoms with E-state index in [4.69, 9.17) is 4.43 Å². The molecule has 1 aliphatic rings. The van der Waals surface area contributed by atoms with Crippen LogP contribution in [-0.4, -0.2) is 20.9 Å². The summed E-state index contributed by atoms with van der Waals surface area (Å²) in [6.45, 7) is 7.98. The molecule has 1 N–H and O–H groups in total. The Hall–Kier alpha value is -2.46. The molecule has 31 heavy (non-hydrogen) atoms. The van der Waals surface area contributed by atoms with E-state index < -0.39 is 13.9 Å². The van der Waals surface area contributed by atoms with E-state index in [1.165, 1.54) is 39.1 Å². The molecule has 2 nitrogen and oxygen atoms in total. The van der Waals surface area contributed by atoms with E-state index in [0.717, 1.165) is 13.0 Å². The van der Waals surface area contributed by atoms with Gasteiger partial charge in [-0.25, -0.2) is 0 Å². The minimum atomic E-state index is -1.94. The van der Waals surface area contributed by atoms with E-state index in [0.29, 0.717) is 0 Å². The minimum Gasteiger partial charge on any atom is -0.403 e. The van der Waals surface area contributed by atoms with Gasteiger partial charge in [-0.3, -0.25) is 0 Å². The summed E-state index contributed by atoms with van der Waals surface area (Å²) in [5, 5.41) is 8.94. The summed E-state index contributed by atoms with van der Waals surface area (Å²) in [5.74, 6) is 0. The Labute approximate surface area is 186 Å². The van der Waals surface area contributed by atoms with Crippen LogP contribution in [0.5, 0.6) is 0 Å². The Morgan fingerprint density at radius 3 is 1.74 bits per heavy atom. The predicted octanol–water partition coefficient (Wildman–Crippen LogP) is 6.84. The van der Waals surface area contributed by atoms with Crippen molar-refractivity contribution in [2.75, 3.05) is 6.54 Å². The molecular formula is C28H31NOSi. The summed E-state index contributed by atoms with van der Waals surface area (Å²) >= 11 is 0. The Bertz CT molecular complexity index is 1130. The molecule has 0 radical (unpaired) electrons. The number of hydrogen-bond donors (Lipinski definition) is 1. The van der Waals surface area contributed by atoms with Crippen LogP contribution in [0.25, 0.3) is 21.5 Å². The Morgan fingerprint density at radius 2 is 1.26 bits per heavy atom. The van der Waals surface area contributed by atoms with Crippen molar-refractivity contribution in [2.45, 2.75) is 44.1 Å². The number of benzene rings is 4. The molecule has 3 heteroatoms. The van der Waals surface area contributed by atoms with Gasteiger partial charge in [0.2, 0.25) is 0 Å². The number of nitrogens with one attached hydrogen (secondary N) is 1. The fourth-order valence-corrected chi connectivity index (χ4v) is 6.64. The minimum absolute atomic E-state index is 0.232. The van der Waals surface area contributed by atoms with Crippen molar-refractivity contribution >= 4 is 29.9 Å². The molecule has 0 aromatic heterocycles. The first kappa shape index (κ1) is 20.4. The average molecular weight is 426 g/mol. The molecule has 158 valence electrons. The summed E-state index contributed by atoms with van der Waals surface area (Å²) in [6, 6.07) is 31.1. The van der Waals surface area contributed by atoms with Crippen LogP contribution in [0.4, 0.5) is 0 Å².